The fraction of sp³-hybridized carbons (Fsp3) is 0.286. The van der Waals surface area contributed by atoms with Gasteiger partial charge in [-0.1, -0.05) is 60.8 Å². The molecule has 0 spiro atoms. The van der Waals surface area contributed by atoms with Crippen molar-refractivity contribution in [3.05, 3.63) is 60.8 Å². The van der Waals surface area contributed by atoms with Crippen LogP contribution in [0.1, 0.15) is 25.7 Å². The summed E-state index contributed by atoms with van der Waals surface area (Å²) in [5.41, 5.74) is 0. The Morgan fingerprint density at radius 3 is 1.64 bits per heavy atom. The second-order valence-corrected chi connectivity index (χ2v) is 3.23. The molecule has 0 unspecified atom stereocenters. The molecule has 0 N–H and O–H groups in total. The van der Waals surface area contributed by atoms with Gasteiger partial charge in [-0.15, -0.1) is 0 Å². The molecule has 0 nitrogen and oxygen atoms in total. The molecule has 0 fully saturated rings. The van der Waals surface area contributed by atoms with Crippen LogP contribution in [0.4, 0.5) is 0 Å². The lowest BCUT2D eigenvalue weighted by Gasteiger charge is -1.87. The van der Waals surface area contributed by atoms with Crippen LogP contribution in [-0.4, -0.2) is 0 Å². The normalized spacial score (nSPS) is 29.7. The van der Waals surface area contributed by atoms with Crippen LogP contribution < -0.4 is 0 Å². The maximum atomic E-state index is 2.24. The largest absolute Gasteiger partial charge is 0.0879 e. The molecule has 0 aliphatic heterocycles. The summed E-state index contributed by atoms with van der Waals surface area (Å²) >= 11 is 0. The minimum atomic E-state index is 1.02. The van der Waals surface area contributed by atoms with E-state index in [1.165, 1.54) is 0 Å². The fourth-order valence-electron chi connectivity index (χ4n) is 1.21. The van der Waals surface area contributed by atoms with Crippen molar-refractivity contribution in [1.82, 2.24) is 0 Å². The fourth-order valence-corrected chi connectivity index (χ4v) is 1.21. The van der Waals surface area contributed by atoms with E-state index >= 15 is 0 Å². The third-order valence-corrected chi connectivity index (χ3v) is 1.98. The first-order valence-electron chi connectivity index (χ1n) is 5.28. The number of hydrogen-bond donors (Lipinski definition) is 0. The van der Waals surface area contributed by atoms with E-state index in [0.29, 0.717) is 0 Å². The van der Waals surface area contributed by atoms with Crippen molar-refractivity contribution in [2.75, 3.05) is 0 Å². The van der Waals surface area contributed by atoms with Crippen LogP contribution in [0.5, 0.6) is 0 Å². The highest BCUT2D eigenvalue weighted by molar-refractivity contribution is 5.10. The van der Waals surface area contributed by atoms with Gasteiger partial charge in [0.2, 0.25) is 0 Å². The number of rotatable bonds is 0. The SMILES string of the molecule is C1=C\C/C=C/C=C/CC/C=C/C/C=C/1. The Morgan fingerprint density at radius 1 is 0.429 bits per heavy atom. The molecule has 0 bridgehead atoms. The van der Waals surface area contributed by atoms with Gasteiger partial charge in [-0.05, 0) is 25.7 Å². The van der Waals surface area contributed by atoms with Crippen LogP contribution >= 0.6 is 0 Å². The molecule has 0 heterocycles. The van der Waals surface area contributed by atoms with Gasteiger partial charge in [0, 0.05) is 0 Å². The molecule has 14 heavy (non-hydrogen) atoms. The van der Waals surface area contributed by atoms with Crippen molar-refractivity contribution in [2.24, 2.45) is 0 Å². The molecular formula is C14H18. The van der Waals surface area contributed by atoms with Gasteiger partial charge in [0.1, 0.15) is 0 Å². The minimum Gasteiger partial charge on any atom is -0.0879 e. The molecule has 1 aliphatic rings. The van der Waals surface area contributed by atoms with Gasteiger partial charge < -0.3 is 0 Å². The summed E-state index contributed by atoms with van der Waals surface area (Å²) in [5, 5.41) is 0. The zero-order chi connectivity index (χ0) is 9.90. The van der Waals surface area contributed by atoms with Crippen LogP contribution in [0.25, 0.3) is 0 Å². The highest BCUT2D eigenvalue weighted by atomic mass is 13.8. The topological polar surface area (TPSA) is 0 Å². The average molecular weight is 186 g/mol. The van der Waals surface area contributed by atoms with Gasteiger partial charge in [-0.2, -0.15) is 0 Å². The number of allylic oxidation sites excluding steroid dienone is 10. The molecule has 1 aliphatic carbocycles. The van der Waals surface area contributed by atoms with E-state index in [9.17, 15) is 0 Å². The molecule has 74 valence electrons. The minimum absolute atomic E-state index is 1.02. The van der Waals surface area contributed by atoms with Gasteiger partial charge in [0.05, 0.1) is 0 Å². The lowest BCUT2D eigenvalue weighted by atomic mass is 10.2. The maximum absolute atomic E-state index is 2.24. The summed E-state index contributed by atoms with van der Waals surface area (Å²) in [7, 11) is 0. The smallest absolute Gasteiger partial charge is 0.0163 e. The van der Waals surface area contributed by atoms with Crippen LogP contribution in [-0.2, 0) is 0 Å². The van der Waals surface area contributed by atoms with E-state index in [1.54, 1.807) is 0 Å². The van der Waals surface area contributed by atoms with Gasteiger partial charge >= 0.3 is 0 Å². The zero-order valence-corrected chi connectivity index (χ0v) is 8.60. The lowest BCUT2D eigenvalue weighted by molar-refractivity contribution is 1.04. The molecule has 0 saturated heterocycles. The highest BCUT2D eigenvalue weighted by Crippen LogP contribution is 1.97. The van der Waals surface area contributed by atoms with Crippen LogP contribution in [0, 0.1) is 0 Å². The van der Waals surface area contributed by atoms with Crippen molar-refractivity contribution in [3.8, 4) is 0 Å². The Morgan fingerprint density at radius 2 is 0.929 bits per heavy atom. The van der Waals surface area contributed by atoms with Gasteiger partial charge in [0.25, 0.3) is 0 Å². The summed E-state index contributed by atoms with van der Waals surface area (Å²) in [6.45, 7) is 0. The molecular weight excluding hydrogens is 168 g/mol. The first-order valence-corrected chi connectivity index (χ1v) is 5.28. The molecule has 1 rings (SSSR count). The standard InChI is InChI=1S/C14H18/c1-2-4-6-8-10-12-14-13-11-9-7-5-3-1/h1-4,7-11,13H,5-6,12,14H2/b3-1-,4-2+,9-7+,10-8+,13-11+. The Balaban J connectivity index is 2.45. The van der Waals surface area contributed by atoms with Crippen molar-refractivity contribution < 1.29 is 0 Å². The van der Waals surface area contributed by atoms with E-state index in [0.717, 1.165) is 25.7 Å². The van der Waals surface area contributed by atoms with E-state index in [2.05, 4.69) is 60.8 Å². The van der Waals surface area contributed by atoms with E-state index in [1.807, 2.05) is 0 Å². The summed E-state index contributed by atoms with van der Waals surface area (Å²) in [5.74, 6) is 0. The van der Waals surface area contributed by atoms with Crippen LogP contribution in [0.2, 0.25) is 0 Å². The molecule has 0 aromatic carbocycles. The molecule has 0 atom stereocenters. The van der Waals surface area contributed by atoms with E-state index in [4.69, 9.17) is 0 Å². The first kappa shape index (κ1) is 10.8. The molecule has 0 aromatic heterocycles. The third kappa shape index (κ3) is 6.24. The van der Waals surface area contributed by atoms with Crippen molar-refractivity contribution in [2.45, 2.75) is 25.7 Å². The second kappa shape index (κ2) is 8.31. The van der Waals surface area contributed by atoms with Crippen LogP contribution in [0.15, 0.2) is 60.8 Å². The molecule has 0 heteroatoms. The summed E-state index contributed by atoms with van der Waals surface area (Å²) in [6, 6.07) is 0. The van der Waals surface area contributed by atoms with Gasteiger partial charge in [-0.3, -0.25) is 0 Å². The Hall–Kier alpha value is -1.30. The monoisotopic (exact) mass is 186 g/mol. The molecule has 0 radical (unpaired) electrons. The summed E-state index contributed by atoms with van der Waals surface area (Å²) < 4.78 is 0. The summed E-state index contributed by atoms with van der Waals surface area (Å²) in [4.78, 5) is 0. The predicted molar refractivity (Wildman–Crippen MR) is 64.2 cm³/mol. The average Bonchev–Trinajstić information content (AvgIpc) is 2.22. The number of hydrogen-bond acceptors (Lipinski definition) is 0. The quantitative estimate of drug-likeness (QED) is 0.494. The molecule has 0 amide bonds. The van der Waals surface area contributed by atoms with Crippen LogP contribution in [0.3, 0.4) is 0 Å². The van der Waals surface area contributed by atoms with Gasteiger partial charge in [-0.25, -0.2) is 0 Å². The third-order valence-electron chi connectivity index (χ3n) is 1.98. The van der Waals surface area contributed by atoms with Crippen molar-refractivity contribution >= 4 is 0 Å². The predicted octanol–water partition coefficient (Wildman–Crippen LogP) is 4.34. The van der Waals surface area contributed by atoms with E-state index < -0.39 is 0 Å². The van der Waals surface area contributed by atoms with Gasteiger partial charge in [0.15, 0.2) is 0 Å². The summed E-state index contributed by atoms with van der Waals surface area (Å²) in [6.07, 6.45) is 26.0. The first-order chi connectivity index (χ1) is 7.00. The highest BCUT2D eigenvalue weighted by Gasteiger charge is 1.76. The van der Waals surface area contributed by atoms with Crippen molar-refractivity contribution in [3.63, 3.8) is 0 Å². The molecule has 0 aromatic rings. The van der Waals surface area contributed by atoms with Crippen molar-refractivity contribution in [1.29, 1.82) is 0 Å². The van der Waals surface area contributed by atoms with E-state index in [-0.39, 0.29) is 0 Å². The second-order valence-electron chi connectivity index (χ2n) is 3.23. The maximum Gasteiger partial charge on any atom is -0.0163 e. The zero-order valence-electron chi connectivity index (χ0n) is 8.60. The Labute approximate surface area is 87.0 Å². The Kier molecular flexibility index (Phi) is 6.39. The molecule has 0 saturated carbocycles. The lowest BCUT2D eigenvalue weighted by Crippen LogP contribution is -1.66. The Bertz CT molecular complexity index is 262.